The maximum atomic E-state index is 12.4. The van der Waals surface area contributed by atoms with Crippen molar-refractivity contribution in [3.05, 3.63) is 29.8 Å². The van der Waals surface area contributed by atoms with Crippen molar-refractivity contribution < 1.29 is 23.0 Å². The Morgan fingerprint density at radius 2 is 1.90 bits per heavy atom. The van der Waals surface area contributed by atoms with E-state index in [4.69, 9.17) is 4.74 Å². The van der Waals surface area contributed by atoms with Crippen LogP contribution in [0.4, 0.5) is 8.78 Å². The predicted octanol–water partition coefficient (Wildman–Crippen LogP) is 2.54. The van der Waals surface area contributed by atoms with Crippen LogP contribution in [0.2, 0.25) is 0 Å². The third kappa shape index (κ3) is 3.45. The highest BCUT2D eigenvalue weighted by Crippen LogP contribution is 2.23. The van der Waals surface area contributed by atoms with Crippen LogP contribution in [-0.4, -0.2) is 42.7 Å². The fraction of sp³-hybridized carbons (Fsp3) is 0.500. The Morgan fingerprint density at radius 3 is 2.50 bits per heavy atom. The van der Waals surface area contributed by atoms with Gasteiger partial charge in [0.1, 0.15) is 5.75 Å². The summed E-state index contributed by atoms with van der Waals surface area (Å²) in [6, 6.07) is 6.04. The summed E-state index contributed by atoms with van der Waals surface area (Å²) in [4.78, 5) is 14.0. The Morgan fingerprint density at radius 1 is 1.30 bits per heavy atom. The Balaban J connectivity index is 2.20. The second-order valence-electron chi connectivity index (χ2n) is 4.84. The molecule has 0 radical (unpaired) electrons. The summed E-state index contributed by atoms with van der Waals surface area (Å²) in [7, 11) is 0. The fourth-order valence-electron chi connectivity index (χ4n) is 2.36. The van der Waals surface area contributed by atoms with E-state index in [1.54, 1.807) is 17.0 Å². The lowest BCUT2D eigenvalue weighted by Crippen LogP contribution is -2.48. The van der Waals surface area contributed by atoms with Crippen molar-refractivity contribution in [1.29, 1.82) is 0 Å². The quantitative estimate of drug-likeness (QED) is 0.856. The van der Waals surface area contributed by atoms with Crippen LogP contribution in [0.5, 0.6) is 5.75 Å². The van der Waals surface area contributed by atoms with E-state index >= 15 is 0 Å². The smallest absolute Gasteiger partial charge is 0.387 e. The maximum Gasteiger partial charge on any atom is 0.387 e. The molecule has 1 aliphatic heterocycles. The maximum absolute atomic E-state index is 12.4. The lowest BCUT2D eigenvalue weighted by Gasteiger charge is -2.35. The summed E-state index contributed by atoms with van der Waals surface area (Å²) in [5.74, 6) is -0.414. The molecule has 1 aromatic rings. The number of halogens is 2. The summed E-state index contributed by atoms with van der Waals surface area (Å²) >= 11 is 0. The van der Waals surface area contributed by atoms with E-state index in [-0.39, 0.29) is 29.4 Å². The largest absolute Gasteiger partial charge is 0.434 e. The van der Waals surface area contributed by atoms with Crippen molar-refractivity contribution in [3.8, 4) is 5.75 Å². The van der Waals surface area contributed by atoms with Crippen LogP contribution in [0.1, 0.15) is 24.2 Å². The Bertz CT molecular complexity index is 471. The third-order valence-corrected chi connectivity index (χ3v) is 3.04. The normalized spacial score (nSPS) is 22.9. The van der Waals surface area contributed by atoms with Crippen LogP contribution >= 0.6 is 0 Å². The lowest BCUT2D eigenvalue weighted by atomic mass is 10.1. The van der Waals surface area contributed by atoms with E-state index in [0.29, 0.717) is 13.1 Å². The minimum absolute atomic E-state index is 0.0779. The molecular formula is C14H17F2NO3. The molecule has 0 aromatic heterocycles. The SMILES string of the molecule is C[C@@H]1CN(C(=O)c2ccccc2OC(F)F)C[C@H](C)O1. The summed E-state index contributed by atoms with van der Waals surface area (Å²) in [5.41, 5.74) is 0.147. The molecule has 0 unspecified atom stereocenters. The number of alkyl halides is 2. The molecule has 0 saturated carbocycles. The number of hydrogen-bond donors (Lipinski definition) is 0. The summed E-state index contributed by atoms with van der Waals surface area (Å²) in [5, 5.41) is 0. The number of hydrogen-bond acceptors (Lipinski definition) is 3. The zero-order valence-electron chi connectivity index (χ0n) is 11.4. The molecule has 1 saturated heterocycles. The van der Waals surface area contributed by atoms with Gasteiger partial charge in [-0.25, -0.2) is 0 Å². The number of nitrogens with zero attached hydrogens (tertiary/aromatic N) is 1. The Labute approximate surface area is 116 Å². The van der Waals surface area contributed by atoms with E-state index in [1.807, 2.05) is 13.8 Å². The number of amides is 1. The van der Waals surface area contributed by atoms with Gasteiger partial charge < -0.3 is 14.4 Å². The van der Waals surface area contributed by atoms with Gasteiger partial charge in [0.05, 0.1) is 17.8 Å². The molecule has 1 aliphatic rings. The number of benzene rings is 1. The molecule has 0 aliphatic carbocycles. The standard InChI is InChI=1S/C14H17F2NO3/c1-9-7-17(8-10(2)19-9)13(18)11-5-3-4-6-12(11)20-14(15)16/h3-6,9-10,14H,7-8H2,1-2H3/t9-,10+. The van der Waals surface area contributed by atoms with Gasteiger partial charge in [0.15, 0.2) is 0 Å². The number of morpholine rings is 1. The van der Waals surface area contributed by atoms with Gasteiger partial charge in [-0.1, -0.05) is 12.1 Å². The van der Waals surface area contributed by atoms with E-state index < -0.39 is 6.61 Å². The number of para-hydroxylation sites is 1. The molecule has 1 amide bonds. The van der Waals surface area contributed by atoms with Crippen LogP contribution < -0.4 is 4.74 Å². The monoisotopic (exact) mass is 285 g/mol. The molecule has 2 rings (SSSR count). The van der Waals surface area contributed by atoms with Crippen molar-refractivity contribution in [2.75, 3.05) is 13.1 Å². The number of carbonyl (C=O) groups is 1. The molecule has 4 nitrogen and oxygen atoms in total. The first-order valence-corrected chi connectivity index (χ1v) is 6.46. The van der Waals surface area contributed by atoms with Crippen LogP contribution in [0, 0.1) is 0 Å². The zero-order chi connectivity index (χ0) is 14.7. The molecule has 0 bridgehead atoms. The van der Waals surface area contributed by atoms with Crippen LogP contribution in [0.25, 0.3) is 0 Å². The molecule has 1 fully saturated rings. The summed E-state index contributed by atoms with van der Waals surface area (Å²) in [6.45, 7) is 1.67. The summed E-state index contributed by atoms with van der Waals surface area (Å²) < 4.78 is 34.7. The number of ether oxygens (including phenoxy) is 2. The third-order valence-electron chi connectivity index (χ3n) is 3.04. The first-order valence-electron chi connectivity index (χ1n) is 6.46. The first kappa shape index (κ1) is 14.7. The van der Waals surface area contributed by atoms with E-state index in [9.17, 15) is 13.6 Å². The second-order valence-corrected chi connectivity index (χ2v) is 4.84. The van der Waals surface area contributed by atoms with Crippen LogP contribution in [-0.2, 0) is 4.74 Å². The van der Waals surface area contributed by atoms with Crippen molar-refractivity contribution in [2.45, 2.75) is 32.7 Å². The first-order chi connectivity index (χ1) is 9.47. The van der Waals surface area contributed by atoms with Crippen molar-refractivity contribution in [1.82, 2.24) is 4.90 Å². The van der Waals surface area contributed by atoms with E-state index in [1.165, 1.54) is 12.1 Å². The fourth-order valence-corrected chi connectivity index (χ4v) is 2.36. The van der Waals surface area contributed by atoms with E-state index in [0.717, 1.165) is 0 Å². The van der Waals surface area contributed by atoms with E-state index in [2.05, 4.69) is 4.74 Å². The number of carbonyl (C=O) groups excluding carboxylic acids is 1. The molecule has 0 N–H and O–H groups in total. The molecule has 1 aromatic carbocycles. The van der Waals surface area contributed by atoms with Crippen LogP contribution in [0.3, 0.4) is 0 Å². The zero-order valence-corrected chi connectivity index (χ0v) is 11.4. The molecular weight excluding hydrogens is 268 g/mol. The van der Waals surface area contributed by atoms with Gasteiger partial charge in [0.2, 0.25) is 0 Å². The average Bonchev–Trinajstić information content (AvgIpc) is 2.36. The molecule has 2 atom stereocenters. The molecule has 20 heavy (non-hydrogen) atoms. The highest BCUT2D eigenvalue weighted by atomic mass is 19.3. The summed E-state index contributed by atoms with van der Waals surface area (Å²) in [6.07, 6.45) is -0.156. The molecule has 6 heteroatoms. The van der Waals surface area contributed by atoms with Crippen molar-refractivity contribution >= 4 is 5.91 Å². The predicted molar refractivity (Wildman–Crippen MR) is 69.0 cm³/mol. The van der Waals surface area contributed by atoms with Gasteiger partial charge in [-0.15, -0.1) is 0 Å². The lowest BCUT2D eigenvalue weighted by molar-refractivity contribution is -0.0602. The highest BCUT2D eigenvalue weighted by molar-refractivity contribution is 5.97. The van der Waals surface area contributed by atoms with Crippen LogP contribution in [0.15, 0.2) is 24.3 Å². The minimum Gasteiger partial charge on any atom is -0.434 e. The van der Waals surface area contributed by atoms with Crippen molar-refractivity contribution in [3.63, 3.8) is 0 Å². The molecule has 0 spiro atoms. The van der Waals surface area contributed by atoms with Gasteiger partial charge in [-0.05, 0) is 26.0 Å². The molecule has 110 valence electrons. The second kappa shape index (κ2) is 6.17. The van der Waals surface area contributed by atoms with Gasteiger partial charge in [0, 0.05) is 13.1 Å². The molecule has 1 heterocycles. The Kier molecular flexibility index (Phi) is 4.54. The number of rotatable bonds is 3. The Hall–Kier alpha value is -1.69. The minimum atomic E-state index is -2.95. The van der Waals surface area contributed by atoms with Gasteiger partial charge in [-0.2, -0.15) is 8.78 Å². The van der Waals surface area contributed by atoms with Gasteiger partial charge in [-0.3, -0.25) is 4.79 Å². The van der Waals surface area contributed by atoms with Gasteiger partial charge in [0.25, 0.3) is 5.91 Å². The highest BCUT2D eigenvalue weighted by Gasteiger charge is 2.28. The van der Waals surface area contributed by atoms with Crippen molar-refractivity contribution in [2.24, 2.45) is 0 Å². The average molecular weight is 285 g/mol. The topological polar surface area (TPSA) is 38.8 Å². The van der Waals surface area contributed by atoms with Gasteiger partial charge >= 0.3 is 6.61 Å².